The Balaban J connectivity index is 2.16. The molecule has 0 aromatic heterocycles. The molecule has 0 atom stereocenters. The Kier molecular flexibility index (Phi) is 4.47. The second kappa shape index (κ2) is 6.47. The van der Waals surface area contributed by atoms with E-state index in [2.05, 4.69) is 0 Å². The van der Waals surface area contributed by atoms with Crippen molar-refractivity contribution in [1.29, 1.82) is 0 Å². The summed E-state index contributed by atoms with van der Waals surface area (Å²) in [6.45, 7) is 0. The van der Waals surface area contributed by atoms with Gasteiger partial charge in [0.2, 0.25) is 19.7 Å². The summed E-state index contributed by atoms with van der Waals surface area (Å²) in [6, 6.07) is 15.4. The lowest BCUT2D eigenvalue weighted by atomic mass is 10.3. The number of hydrogen-bond acceptors (Lipinski definition) is 6. The van der Waals surface area contributed by atoms with E-state index in [4.69, 9.17) is 0 Å². The van der Waals surface area contributed by atoms with E-state index in [-0.39, 0.29) is 20.4 Å². The molecule has 6 nitrogen and oxygen atoms in total. The molecule has 0 amide bonds. The monoisotopic (exact) mass is 390 g/mol. The highest BCUT2D eigenvalue weighted by atomic mass is 32.2. The summed E-state index contributed by atoms with van der Waals surface area (Å²) in [5, 5.41) is 19.3. The topological polar surface area (TPSA) is 109 Å². The van der Waals surface area contributed by atoms with Gasteiger partial charge in [-0.25, -0.2) is 16.8 Å². The van der Waals surface area contributed by atoms with Gasteiger partial charge in [-0.15, -0.1) is 0 Å². The second-order valence-corrected chi connectivity index (χ2v) is 9.31. The zero-order valence-electron chi connectivity index (χ0n) is 13.3. The van der Waals surface area contributed by atoms with E-state index in [9.17, 15) is 27.0 Å². The Morgan fingerprint density at radius 1 is 0.577 bits per heavy atom. The summed E-state index contributed by atoms with van der Waals surface area (Å²) in [7, 11) is -8.12. The molecule has 0 radical (unpaired) electrons. The van der Waals surface area contributed by atoms with Crippen LogP contribution in [0.3, 0.4) is 0 Å². The predicted molar refractivity (Wildman–Crippen MR) is 93.6 cm³/mol. The molecule has 0 saturated carbocycles. The second-order valence-electron chi connectivity index (χ2n) is 5.44. The first kappa shape index (κ1) is 18.0. The Morgan fingerprint density at radius 3 is 1.73 bits per heavy atom. The minimum Gasteiger partial charge on any atom is -0.508 e. The predicted octanol–water partition coefficient (Wildman–Crippen LogP) is 2.76. The van der Waals surface area contributed by atoms with E-state index in [1.54, 1.807) is 6.07 Å². The van der Waals surface area contributed by atoms with Crippen LogP contribution in [-0.4, -0.2) is 27.0 Å². The first-order valence-electron chi connectivity index (χ1n) is 7.40. The van der Waals surface area contributed by atoms with Crippen LogP contribution >= 0.6 is 0 Å². The van der Waals surface area contributed by atoms with Gasteiger partial charge in [-0.05, 0) is 54.6 Å². The van der Waals surface area contributed by atoms with Gasteiger partial charge in [0, 0.05) is 0 Å². The highest BCUT2D eigenvalue weighted by molar-refractivity contribution is 7.92. The number of phenols is 2. The summed E-state index contributed by atoms with van der Waals surface area (Å²) in [6.07, 6.45) is 0. The van der Waals surface area contributed by atoms with Gasteiger partial charge in [-0.2, -0.15) is 0 Å². The van der Waals surface area contributed by atoms with Crippen molar-refractivity contribution in [3.63, 3.8) is 0 Å². The van der Waals surface area contributed by atoms with Gasteiger partial charge >= 0.3 is 0 Å². The molecule has 0 bridgehead atoms. The van der Waals surface area contributed by atoms with Gasteiger partial charge < -0.3 is 10.2 Å². The number of benzene rings is 3. The maximum Gasteiger partial charge on any atom is 0.210 e. The highest BCUT2D eigenvalue weighted by Crippen LogP contribution is 2.32. The van der Waals surface area contributed by atoms with E-state index in [0.717, 1.165) is 18.2 Å². The van der Waals surface area contributed by atoms with Crippen LogP contribution in [0.2, 0.25) is 0 Å². The molecule has 0 aliphatic heterocycles. The van der Waals surface area contributed by atoms with Crippen molar-refractivity contribution >= 4 is 19.7 Å². The summed E-state index contributed by atoms with van der Waals surface area (Å²) in [5.41, 5.74) is 0. The Morgan fingerprint density at radius 2 is 1.12 bits per heavy atom. The standard InChI is InChI=1S/C18H14O6S2/c19-13-6-8-15(9-7-13)25(21,22)16-10-11-17(20)18(12-16)26(23,24)14-4-2-1-3-5-14/h1-12,19-20H. The maximum absolute atomic E-state index is 12.7. The molecule has 0 aliphatic carbocycles. The van der Waals surface area contributed by atoms with Crippen LogP contribution in [-0.2, 0) is 19.7 Å². The maximum atomic E-state index is 12.7. The average molecular weight is 390 g/mol. The lowest BCUT2D eigenvalue weighted by Gasteiger charge is -2.10. The lowest BCUT2D eigenvalue weighted by molar-refractivity contribution is 0.458. The van der Waals surface area contributed by atoms with Crippen molar-refractivity contribution < 1.29 is 27.0 Å². The molecule has 0 saturated heterocycles. The molecular weight excluding hydrogens is 376 g/mol. The highest BCUT2D eigenvalue weighted by Gasteiger charge is 2.25. The van der Waals surface area contributed by atoms with Crippen LogP contribution in [0.5, 0.6) is 11.5 Å². The number of hydrogen-bond donors (Lipinski definition) is 2. The van der Waals surface area contributed by atoms with E-state index < -0.39 is 30.3 Å². The van der Waals surface area contributed by atoms with Crippen molar-refractivity contribution in [1.82, 2.24) is 0 Å². The first-order chi connectivity index (χ1) is 12.2. The van der Waals surface area contributed by atoms with Crippen LogP contribution in [0.25, 0.3) is 0 Å². The molecule has 3 rings (SSSR count). The number of sulfone groups is 2. The summed E-state index contributed by atoms with van der Waals surface area (Å²) in [4.78, 5) is -0.947. The van der Waals surface area contributed by atoms with Gasteiger partial charge in [-0.3, -0.25) is 0 Å². The summed E-state index contributed by atoms with van der Waals surface area (Å²) in [5.74, 6) is -0.638. The molecule has 0 heterocycles. The van der Waals surface area contributed by atoms with Gasteiger partial charge in [0.1, 0.15) is 16.4 Å². The fourth-order valence-corrected chi connectivity index (χ4v) is 5.12. The van der Waals surface area contributed by atoms with E-state index in [0.29, 0.717) is 0 Å². The third-order valence-corrected chi connectivity index (χ3v) is 7.30. The fraction of sp³-hybridized carbons (Fsp3) is 0. The van der Waals surface area contributed by atoms with Crippen LogP contribution in [0.1, 0.15) is 0 Å². The molecule has 134 valence electrons. The fourth-order valence-electron chi connectivity index (χ4n) is 2.36. The largest absolute Gasteiger partial charge is 0.508 e. The molecule has 26 heavy (non-hydrogen) atoms. The van der Waals surface area contributed by atoms with E-state index in [1.807, 2.05) is 0 Å². The third-order valence-electron chi connectivity index (χ3n) is 3.73. The smallest absolute Gasteiger partial charge is 0.210 e. The minimum absolute atomic E-state index is 0.0607. The van der Waals surface area contributed by atoms with Gasteiger partial charge in [0.25, 0.3) is 0 Å². The molecule has 3 aromatic carbocycles. The van der Waals surface area contributed by atoms with Crippen LogP contribution in [0.4, 0.5) is 0 Å². The molecule has 3 aromatic rings. The van der Waals surface area contributed by atoms with Crippen molar-refractivity contribution in [2.24, 2.45) is 0 Å². The van der Waals surface area contributed by atoms with E-state index >= 15 is 0 Å². The van der Waals surface area contributed by atoms with Gasteiger partial charge in [-0.1, -0.05) is 18.2 Å². The zero-order valence-corrected chi connectivity index (χ0v) is 14.9. The summed E-state index contributed by atoms with van der Waals surface area (Å²) >= 11 is 0. The molecule has 0 aliphatic rings. The van der Waals surface area contributed by atoms with Gasteiger partial charge in [0.05, 0.1) is 14.7 Å². The summed E-state index contributed by atoms with van der Waals surface area (Å²) < 4.78 is 50.9. The van der Waals surface area contributed by atoms with Crippen molar-refractivity contribution in [3.8, 4) is 11.5 Å². The molecule has 0 unspecified atom stereocenters. The molecule has 0 spiro atoms. The zero-order chi connectivity index (χ0) is 18.9. The van der Waals surface area contributed by atoms with Crippen molar-refractivity contribution in [2.45, 2.75) is 19.6 Å². The average Bonchev–Trinajstić information content (AvgIpc) is 2.63. The molecule has 8 heteroatoms. The Labute approximate surface area is 150 Å². The molecular formula is C18H14O6S2. The van der Waals surface area contributed by atoms with Crippen molar-refractivity contribution in [3.05, 3.63) is 72.8 Å². The third kappa shape index (κ3) is 3.16. The molecule has 2 N–H and O–H groups in total. The lowest BCUT2D eigenvalue weighted by Crippen LogP contribution is -2.06. The normalized spacial score (nSPS) is 12.0. The van der Waals surface area contributed by atoms with Crippen LogP contribution in [0.15, 0.2) is 92.4 Å². The van der Waals surface area contributed by atoms with Crippen LogP contribution in [0, 0.1) is 0 Å². The Hall–Kier alpha value is -2.84. The number of phenolic OH excluding ortho intramolecular Hbond substituents is 2. The van der Waals surface area contributed by atoms with Crippen molar-refractivity contribution in [2.75, 3.05) is 0 Å². The van der Waals surface area contributed by atoms with E-state index in [1.165, 1.54) is 48.5 Å². The Bertz CT molecular complexity index is 1150. The van der Waals surface area contributed by atoms with Gasteiger partial charge in [0.15, 0.2) is 0 Å². The minimum atomic E-state index is -4.10. The first-order valence-corrected chi connectivity index (χ1v) is 10.4. The van der Waals surface area contributed by atoms with Crippen LogP contribution < -0.4 is 0 Å². The quantitative estimate of drug-likeness (QED) is 0.709. The SMILES string of the molecule is O=S(=O)(c1ccc(O)cc1)c1ccc(O)c(S(=O)(=O)c2ccccc2)c1. The number of rotatable bonds is 4. The molecule has 0 fully saturated rings. The number of aromatic hydroxyl groups is 2.